The molecule has 0 radical (unpaired) electrons. The van der Waals surface area contributed by atoms with Gasteiger partial charge < -0.3 is 5.32 Å². The monoisotopic (exact) mass is 233 g/mol. The lowest BCUT2D eigenvalue weighted by atomic mass is 9.93. The topological polar surface area (TPSA) is 46.9 Å². The number of carbonyl (C=O) groups excluding carboxylic acids is 1. The molecule has 1 heterocycles. The van der Waals surface area contributed by atoms with Crippen molar-refractivity contribution in [2.75, 3.05) is 0 Å². The first-order valence-electron chi connectivity index (χ1n) is 6.18. The summed E-state index contributed by atoms with van der Waals surface area (Å²) in [7, 11) is 0. The Balaban J connectivity index is 1.79. The van der Waals surface area contributed by atoms with Crippen molar-refractivity contribution < 1.29 is 4.79 Å². The van der Waals surface area contributed by atoms with E-state index in [0.717, 1.165) is 25.8 Å². The van der Waals surface area contributed by atoms with Crippen molar-refractivity contribution in [3.63, 3.8) is 0 Å². The molecule has 92 valence electrons. The van der Waals surface area contributed by atoms with Gasteiger partial charge in [-0.2, -0.15) is 5.10 Å². The first kappa shape index (κ1) is 11.9. The number of hydrogen-bond donors (Lipinski definition) is 1. The summed E-state index contributed by atoms with van der Waals surface area (Å²) in [6.07, 6.45) is 10.8. The average molecular weight is 233 g/mol. The lowest BCUT2D eigenvalue weighted by Gasteiger charge is -2.20. The molecule has 1 aromatic rings. The summed E-state index contributed by atoms with van der Waals surface area (Å²) in [5, 5.41) is 7.18. The molecular formula is C13H19N3O. The molecule has 1 amide bonds. The molecule has 2 atom stereocenters. The number of nitrogens with zero attached hydrogens (tertiary/aromatic N) is 2. The number of aromatic nitrogens is 2. The van der Waals surface area contributed by atoms with Crippen LogP contribution in [0.2, 0.25) is 0 Å². The number of allylic oxidation sites excluding steroid dienone is 2. The first-order chi connectivity index (χ1) is 8.25. The van der Waals surface area contributed by atoms with Gasteiger partial charge in [0, 0.05) is 24.4 Å². The van der Waals surface area contributed by atoms with Gasteiger partial charge in [0.1, 0.15) is 0 Å². The zero-order valence-electron chi connectivity index (χ0n) is 10.2. The van der Waals surface area contributed by atoms with Gasteiger partial charge in [-0.1, -0.05) is 12.2 Å². The summed E-state index contributed by atoms with van der Waals surface area (Å²) in [4.78, 5) is 12.0. The van der Waals surface area contributed by atoms with Crippen LogP contribution in [0.4, 0.5) is 0 Å². The first-order valence-corrected chi connectivity index (χ1v) is 6.18. The fourth-order valence-electron chi connectivity index (χ4n) is 2.13. The van der Waals surface area contributed by atoms with Crippen molar-refractivity contribution in [2.45, 2.75) is 38.8 Å². The molecule has 4 nitrogen and oxygen atoms in total. The fourth-order valence-corrected chi connectivity index (χ4v) is 2.13. The van der Waals surface area contributed by atoms with E-state index in [1.807, 2.05) is 23.9 Å². The van der Waals surface area contributed by atoms with Gasteiger partial charge >= 0.3 is 0 Å². The number of nitrogens with one attached hydrogen (secondary N) is 1. The predicted octanol–water partition coefficient (Wildman–Crippen LogP) is 1.74. The van der Waals surface area contributed by atoms with Crippen LogP contribution in [0, 0.1) is 5.92 Å². The van der Waals surface area contributed by atoms with Crippen molar-refractivity contribution in [2.24, 2.45) is 5.92 Å². The minimum atomic E-state index is 0.119. The van der Waals surface area contributed by atoms with Gasteiger partial charge in [0.2, 0.25) is 5.91 Å². The van der Waals surface area contributed by atoms with Crippen LogP contribution in [-0.4, -0.2) is 21.7 Å². The van der Waals surface area contributed by atoms with Crippen molar-refractivity contribution in [3.8, 4) is 0 Å². The summed E-state index contributed by atoms with van der Waals surface area (Å²) < 4.78 is 1.84. The van der Waals surface area contributed by atoms with E-state index in [1.54, 1.807) is 6.20 Å². The third-order valence-corrected chi connectivity index (χ3v) is 3.05. The van der Waals surface area contributed by atoms with Gasteiger partial charge in [0.25, 0.3) is 0 Å². The standard InChI is InChI=1S/C13H19N3O/c1-11(10-16-9-5-8-14-16)15-13(17)12-6-3-2-4-7-12/h2-3,5,8-9,11-12H,4,6-7,10H2,1H3,(H,15,17)/t11-,12+/m0/s1. The van der Waals surface area contributed by atoms with Crippen molar-refractivity contribution in [1.29, 1.82) is 0 Å². The van der Waals surface area contributed by atoms with Crippen molar-refractivity contribution >= 4 is 5.91 Å². The van der Waals surface area contributed by atoms with E-state index in [2.05, 4.69) is 22.6 Å². The van der Waals surface area contributed by atoms with Crippen LogP contribution in [0.3, 0.4) is 0 Å². The van der Waals surface area contributed by atoms with Crippen molar-refractivity contribution in [3.05, 3.63) is 30.6 Å². The van der Waals surface area contributed by atoms with Gasteiger partial charge in [-0.05, 0) is 32.3 Å². The maximum absolute atomic E-state index is 12.0. The molecule has 0 unspecified atom stereocenters. The van der Waals surface area contributed by atoms with Crippen LogP contribution >= 0.6 is 0 Å². The van der Waals surface area contributed by atoms with E-state index < -0.39 is 0 Å². The SMILES string of the molecule is C[C@@H](Cn1cccn1)NC(=O)[C@@H]1CC=CCC1. The van der Waals surface area contributed by atoms with E-state index in [0.29, 0.717) is 0 Å². The van der Waals surface area contributed by atoms with Gasteiger partial charge in [0.05, 0.1) is 6.54 Å². The van der Waals surface area contributed by atoms with E-state index in [-0.39, 0.29) is 17.9 Å². The molecule has 1 N–H and O–H groups in total. The molecule has 0 bridgehead atoms. The minimum Gasteiger partial charge on any atom is -0.352 e. The van der Waals surface area contributed by atoms with Crippen LogP contribution in [0.25, 0.3) is 0 Å². The highest BCUT2D eigenvalue weighted by atomic mass is 16.1. The third kappa shape index (κ3) is 3.44. The van der Waals surface area contributed by atoms with E-state index in [1.165, 1.54) is 0 Å². The van der Waals surface area contributed by atoms with Gasteiger partial charge in [-0.15, -0.1) is 0 Å². The molecule has 1 aliphatic rings. The molecule has 1 aromatic heterocycles. The maximum Gasteiger partial charge on any atom is 0.223 e. The second-order valence-corrected chi connectivity index (χ2v) is 4.62. The van der Waals surface area contributed by atoms with Gasteiger partial charge in [0.15, 0.2) is 0 Å². The molecular weight excluding hydrogens is 214 g/mol. The molecule has 2 rings (SSSR count). The van der Waals surface area contributed by atoms with Crippen LogP contribution < -0.4 is 5.32 Å². The fraction of sp³-hybridized carbons (Fsp3) is 0.538. The zero-order chi connectivity index (χ0) is 12.1. The van der Waals surface area contributed by atoms with Crippen LogP contribution in [0.15, 0.2) is 30.6 Å². The summed E-state index contributed by atoms with van der Waals surface area (Å²) in [6, 6.07) is 2.01. The van der Waals surface area contributed by atoms with E-state index in [9.17, 15) is 4.79 Å². The van der Waals surface area contributed by atoms with Crippen LogP contribution in [-0.2, 0) is 11.3 Å². The smallest absolute Gasteiger partial charge is 0.223 e. The third-order valence-electron chi connectivity index (χ3n) is 3.05. The second-order valence-electron chi connectivity index (χ2n) is 4.62. The predicted molar refractivity (Wildman–Crippen MR) is 66.3 cm³/mol. The summed E-state index contributed by atoms with van der Waals surface area (Å²) in [5.74, 6) is 0.328. The van der Waals surface area contributed by atoms with Gasteiger partial charge in [-0.25, -0.2) is 0 Å². The Bertz CT molecular complexity index is 383. The lowest BCUT2D eigenvalue weighted by molar-refractivity contribution is -0.125. The highest BCUT2D eigenvalue weighted by Gasteiger charge is 2.19. The van der Waals surface area contributed by atoms with E-state index in [4.69, 9.17) is 0 Å². The Labute approximate surface area is 102 Å². The van der Waals surface area contributed by atoms with Crippen molar-refractivity contribution in [1.82, 2.24) is 15.1 Å². The Morgan fingerprint density at radius 2 is 2.47 bits per heavy atom. The van der Waals surface area contributed by atoms with E-state index >= 15 is 0 Å². The Hall–Kier alpha value is -1.58. The molecule has 4 heteroatoms. The largest absolute Gasteiger partial charge is 0.352 e. The summed E-state index contributed by atoms with van der Waals surface area (Å²) in [6.45, 7) is 2.74. The summed E-state index contributed by atoms with van der Waals surface area (Å²) >= 11 is 0. The Morgan fingerprint density at radius 3 is 3.12 bits per heavy atom. The molecule has 0 saturated carbocycles. The summed E-state index contributed by atoms with van der Waals surface area (Å²) in [5.41, 5.74) is 0. The molecule has 1 aliphatic carbocycles. The quantitative estimate of drug-likeness (QED) is 0.805. The highest BCUT2D eigenvalue weighted by molar-refractivity contribution is 5.79. The molecule has 17 heavy (non-hydrogen) atoms. The molecule has 0 aromatic carbocycles. The minimum absolute atomic E-state index is 0.119. The lowest BCUT2D eigenvalue weighted by Crippen LogP contribution is -2.39. The molecule has 0 saturated heterocycles. The number of hydrogen-bond acceptors (Lipinski definition) is 2. The maximum atomic E-state index is 12.0. The van der Waals surface area contributed by atoms with Crippen LogP contribution in [0.1, 0.15) is 26.2 Å². The Morgan fingerprint density at radius 1 is 1.59 bits per heavy atom. The van der Waals surface area contributed by atoms with Crippen LogP contribution in [0.5, 0.6) is 0 Å². The molecule has 0 aliphatic heterocycles. The molecule has 0 spiro atoms. The Kier molecular flexibility index (Phi) is 3.96. The normalized spacial score (nSPS) is 21.1. The van der Waals surface area contributed by atoms with Gasteiger partial charge in [-0.3, -0.25) is 9.48 Å². The number of amides is 1. The average Bonchev–Trinajstić information content (AvgIpc) is 2.82. The highest BCUT2D eigenvalue weighted by Crippen LogP contribution is 2.18. The zero-order valence-corrected chi connectivity index (χ0v) is 10.2. The second kappa shape index (κ2) is 5.66. The number of rotatable bonds is 4. The number of carbonyl (C=O) groups is 1. The molecule has 0 fully saturated rings.